The number of fused-ring (bicyclic) bond motifs is 1. The van der Waals surface area contributed by atoms with Crippen LogP contribution in [0.2, 0.25) is 0 Å². The van der Waals surface area contributed by atoms with Crippen molar-refractivity contribution >= 4 is 17.3 Å². The van der Waals surface area contributed by atoms with Crippen molar-refractivity contribution in [3.05, 3.63) is 72.7 Å². The first-order valence-corrected chi connectivity index (χ1v) is 10.7. The highest BCUT2D eigenvalue weighted by molar-refractivity contribution is 5.76. The number of hydrogen-bond acceptors (Lipinski definition) is 7. The number of nitrogens with one attached hydrogen (secondary N) is 1. The molecule has 12 heteroatoms. The van der Waals surface area contributed by atoms with Gasteiger partial charge in [-0.3, -0.25) is 4.57 Å². The van der Waals surface area contributed by atoms with E-state index in [4.69, 9.17) is 14.2 Å². The summed E-state index contributed by atoms with van der Waals surface area (Å²) in [6.45, 7) is 0.861. The van der Waals surface area contributed by atoms with Gasteiger partial charge in [-0.2, -0.15) is 0 Å². The Morgan fingerprint density at radius 2 is 1.72 bits per heavy atom. The first-order valence-electron chi connectivity index (χ1n) is 10.7. The summed E-state index contributed by atoms with van der Waals surface area (Å²) in [7, 11) is 1.53. The Hall–Kier alpha value is -4.32. The number of amides is 1. The first-order chi connectivity index (χ1) is 17.3. The third-order valence-electron chi connectivity index (χ3n) is 4.83. The van der Waals surface area contributed by atoms with Crippen LogP contribution in [-0.4, -0.2) is 47.3 Å². The molecule has 0 aliphatic heterocycles. The van der Waals surface area contributed by atoms with Crippen LogP contribution in [0.3, 0.4) is 0 Å². The van der Waals surface area contributed by atoms with E-state index < -0.39 is 12.5 Å². The number of benzene rings is 2. The molecular formula is C24H21F3N4O5. The van der Waals surface area contributed by atoms with Gasteiger partial charge in [-0.15, -0.1) is 13.2 Å². The van der Waals surface area contributed by atoms with Gasteiger partial charge in [0.25, 0.3) is 0 Å². The SMILES string of the molecule is COCCNC(=O)Oc1cnc2c(c1)ncn2-c1ccc(OCc2ccc(OC(F)(F)F)cc2)cc1. The lowest BCUT2D eigenvalue weighted by Crippen LogP contribution is -2.29. The molecule has 0 bridgehead atoms. The Bertz CT molecular complexity index is 1310. The number of aromatic nitrogens is 3. The Labute approximate surface area is 203 Å². The first kappa shape index (κ1) is 24.8. The maximum Gasteiger partial charge on any atom is 0.573 e. The van der Waals surface area contributed by atoms with Gasteiger partial charge in [0.1, 0.15) is 29.9 Å². The molecule has 0 unspecified atom stereocenters. The second-order valence-corrected chi connectivity index (χ2v) is 7.41. The highest BCUT2D eigenvalue weighted by Gasteiger charge is 2.30. The number of rotatable bonds is 9. The van der Waals surface area contributed by atoms with Crippen LogP contribution < -0.4 is 19.5 Å². The molecule has 2 heterocycles. The van der Waals surface area contributed by atoms with E-state index in [1.165, 1.54) is 37.6 Å². The van der Waals surface area contributed by atoms with Gasteiger partial charge in [-0.05, 0) is 42.0 Å². The lowest BCUT2D eigenvalue weighted by molar-refractivity contribution is -0.274. The minimum Gasteiger partial charge on any atom is -0.489 e. The van der Waals surface area contributed by atoms with Crippen molar-refractivity contribution in [3.63, 3.8) is 0 Å². The van der Waals surface area contributed by atoms with E-state index in [2.05, 4.69) is 20.0 Å². The molecule has 2 aromatic heterocycles. The van der Waals surface area contributed by atoms with Crippen LogP contribution in [0.25, 0.3) is 16.9 Å². The molecule has 4 rings (SSSR count). The molecule has 1 N–H and O–H groups in total. The Kier molecular flexibility index (Phi) is 7.54. The van der Waals surface area contributed by atoms with Crippen LogP contribution in [0, 0.1) is 0 Å². The fraction of sp³-hybridized carbons (Fsp3) is 0.208. The van der Waals surface area contributed by atoms with E-state index in [-0.39, 0.29) is 18.1 Å². The highest BCUT2D eigenvalue weighted by Crippen LogP contribution is 2.24. The fourth-order valence-corrected chi connectivity index (χ4v) is 3.18. The summed E-state index contributed by atoms with van der Waals surface area (Å²) in [4.78, 5) is 20.5. The molecule has 0 aliphatic carbocycles. The predicted octanol–water partition coefficient (Wildman–Crippen LogP) is 4.63. The van der Waals surface area contributed by atoms with Crippen LogP contribution in [0.15, 0.2) is 67.1 Å². The van der Waals surface area contributed by atoms with Gasteiger partial charge in [0.15, 0.2) is 11.4 Å². The van der Waals surface area contributed by atoms with Crippen molar-refractivity contribution in [2.45, 2.75) is 13.0 Å². The van der Waals surface area contributed by atoms with E-state index in [9.17, 15) is 18.0 Å². The summed E-state index contributed by atoms with van der Waals surface area (Å²) in [5, 5.41) is 2.55. The van der Waals surface area contributed by atoms with E-state index in [1.807, 2.05) is 12.1 Å². The molecule has 0 radical (unpaired) electrons. The number of methoxy groups -OCH3 is 1. The molecule has 188 valence electrons. The van der Waals surface area contributed by atoms with Crippen LogP contribution in [-0.2, 0) is 11.3 Å². The number of carbonyl (C=O) groups excluding carboxylic acids is 1. The second kappa shape index (κ2) is 11.0. The number of carbonyl (C=O) groups is 1. The highest BCUT2D eigenvalue weighted by atomic mass is 19.4. The Morgan fingerprint density at radius 1 is 1.00 bits per heavy atom. The molecule has 0 saturated heterocycles. The molecule has 1 amide bonds. The number of halogens is 3. The van der Waals surface area contributed by atoms with Gasteiger partial charge in [0.2, 0.25) is 0 Å². The summed E-state index contributed by atoms with van der Waals surface area (Å²) in [5.74, 6) is 0.534. The van der Waals surface area contributed by atoms with Crippen molar-refractivity contribution in [1.82, 2.24) is 19.9 Å². The van der Waals surface area contributed by atoms with Gasteiger partial charge >= 0.3 is 12.5 Å². The molecule has 9 nitrogen and oxygen atoms in total. The maximum atomic E-state index is 12.3. The zero-order valence-electron chi connectivity index (χ0n) is 19.0. The molecular weight excluding hydrogens is 481 g/mol. The van der Waals surface area contributed by atoms with Crippen molar-refractivity contribution in [1.29, 1.82) is 0 Å². The summed E-state index contributed by atoms with van der Waals surface area (Å²) >= 11 is 0. The number of alkyl halides is 3. The van der Waals surface area contributed by atoms with E-state index >= 15 is 0 Å². The van der Waals surface area contributed by atoms with Crippen molar-refractivity contribution in [2.24, 2.45) is 0 Å². The van der Waals surface area contributed by atoms with Crippen LogP contribution in [0.5, 0.6) is 17.2 Å². The lowest BCUT2D eigenvalue weighted by atomic mass is 10.2. The zero-order valence-corrected chi connectivity index (χ0v) is 19.0. The summed E-state index contributed by atoms with van der Waals surface area (Å²) in [5.41, 5.74) is 2.56. The van der Waals surface area contributed by atoms with Crippen molar-refractivity contribution in [2.75, 3.05) is 20.3 Å². The second-order valence-electron chi connectivity index (χ2n) is 7.41. The zero-order chi connectivity index (χ0) is 25.5. The van der Waals surface area contributed by atoms with E-state index in [0.29, 0.717) is 35.6 Å². The summed E-state index contributed by atoms with van der Waals surface area (Å²) < 4.78 is 58.2. The molecule has 0 aliphatic rings. The lowest BCUT2D eigenvalue weighted by Gasteiger charge is -2.10. The van der Waals surface area contributed by atoms with Crippen molar-refractivity contribution < 1.29 is 36.9 Å². The van der Waals surface area contributed by atoms with Crippen LogP contribution in [0.4, 0.5) is 18.0 Å². The average Bonchev–Trinajstić information content (AvgIpc) is 3.26. The average molecular weight is 502 g/mol. The van der Waals surface area contributed by atoms with Crippen LogP contribution >= 0.6 is 0 Å². The van der Waals surface area contributed by atoms with Gasteiger partial charge in [-0.25, -0.2) is 14.8 Å². The number of ether oxygens (including phenoxy) is 4. The monoisotopic (exact) mass is 502 g/mol. The van der Waals surface area contributed by atoms with Gasteiger partial charge in [-0.1, -0.05) is 12.1 Å². The minimum absolute atomic E-state index is 0.170. The molecule has 0 fully saturated rings. The van der Waals surface area contributed by atoms with Gasteiger partial charge < -0.3 is 24.3 Å². The Morgan fingerprint density at radius 3 is 2.42 bits per heavy atom. The molecule has 2 aromatic carbocycles. The minimum atomic E-state index is -4.73. The van der Waals surface area contributed by atoms with Gasteiger partial charge in [0.05, 0.1) is 12.8 Å². The largest absolute Gasteiger partial charge is 0.573 e. The molecule has 0 atom stereocenters. The van der Waals surface area contributed by atoms with Gasteiger partial charge in [0, 0.05) is 25.4 Å². The number of nitrogens with zero attached hydrogens (tertiary/aromatic N) is 3. The van der Waals surface area contributed by atoms with E-state index in [0.717, 1.165) is 5.69 Å². The third-order valence-corrected chi connectivity index (χ3v) is 4.83. The fourth-order valence-electron chi connectivity index (χ4n) is 3.18. The number of hydrogen-bond donors (Lipinski definition) is 1. The molecule has 0 saturated carbocycles. The van der Waals surface area contributed by atoms with E-state index in [1.54, 1.807) is 29.1 Å². The molecule has 36 heavy (non-hydrogen) atoms. The third kappa shape index (κ3) is 6.63. The molecule has 4 aromatic rings. The summed E-state index contributed by atoms with van der Waals surface area (Å²) in [6, 6.07) is 14.2. The molecule has 0 spiro atoms. The normalized spacial score (nSPS) is 11.3. The topological polar surface area (TPSA) is 96.7 Å². The smallest absolute Gasteiger partial charge is 0.489 e. The summed E-state index contributed by atoms with van der Waals surface area (Å²) in [6.07, 6.45) is -2.32. The number of imidazole rings is 1. The Balaban J connectivity index is 1.36. The predicted molar refractivity (Wildman–Crippen MR) is 122 cm³/mol. The maximum absolute atomic E-state index is 12.3. The van der Waals surface area contributed by atoms with Crippen molar-refractivity contribution in [3.8, 4) is 22.9 Å². The van der Waals surface area contributed by atoms with Crippen LogP contribution in [0.1, 0.15) is 5.56 Å². The quantitative estimate of drug-likeness (QED) is 0.333. The standard InChI is InChI=1S/C24H21F3N4O5/c1-33-11-10-28-23(32)35-20-12-21-22(29-13-20)31(15-30-21)17-4-8-18(9-5-17)34-14-16-2-6-19(7-3-16)36-24(25,26)27/h2-9,12-13,15H,10-11,14H2,1H3,(H,28,32). The number of pyridine rings is 1.